The van der Waals surface area contributed by atoms with E-state index >= 15 is 0 Å². The number of amides is 1. The van der Waals surface area contributed by atoms with Crippen molar-refractivity contribution in [1.82, 2.24) is 20.4 Å². The summed E-state index contributed by atoms with van der Waals surface area (Å²) in [7, 11) is -3.74. The lowest BCUT2D eigenvalue weighted by Crippen LogP contribution is -2.30. The minimum absolute atomic E-state index is 0.107. The number of nitrogens with zero attached hydrogens (tertiary/aromatic N) is 3. The van der Waals surface area contributed by atoms with Gasteiger partial charge in [-0.15, -0.1) is 0 Å². The van der Waals surface area contributed by atoms with Crippen LogP contribution in [0.1, 0.15) is 10.4 Å². The summed E-state index contributed by atoms with van der Waals surface area (Å²) in [5.41, 5.74) is 6.71. The van der Waals surface area contributed by atoms with E-state index in [1.54, 1.807) is 48.5 Å². The third kappa shape index (κ3) is 6.05. The van der Waals surface area contributed by atoms with Gasteiger partial charge in [0, 0.05) is 34.3 Å². The molecule has 2 heterocycles. The van der Waals surface area contributed by atoms with E-state index in [1.807, 2.05) is 6.07 Å². The van der Waals surface area contributed by atoms with Crippen LogP contribution in [-0.2, 0) is 10.0 Å². The predicted octanol–water partition coefficient (Wildman–Crippen LogP) is 3.94. The Labute approximate surface area is 204 Å². The second kappa shape index (κ2) is 10.3. The topological polar surface area (TPSA) is 138 Å². The molecular weight excluding hydrogens is 522 g/mol. The normalized spacial score (nSPS) is 10.9. The number of carbonyl (C=O) groups is 1. The molecule has 172 valence electrons. The number of hydrogen-bond acceptors (Lipinski definition) is 8. The molecule has 0 spiro atoms. The van der Waals surface area contributed by atoms with Crippen molar-refractivity contribution in [3.05, 3.63) is 95.4 Å². The van der Waals surface area contributed by atoms with Crippen LogP contribution >= 0.6 is 15.9 Å². The largest absolute Gasteiger partial charge is 0.340 e. The van der Waals surface area contributed by atoms with Crippen molar-refractivity contribution < 1.29 is 13.2 Å². The van der Waals surface area contributed by atoms with Crippen LogP contribution in [-0.4, -0.2) is 29.3 Å². The van der Waals surface area contributed by atoms with Gasteiger partial charge in [0.1, 0.15) is 5.82 Å². The molecule has 0 saturated heterocycles. The Hall–Kier alpha value is -4.03. The van der Waals surface area contributed by atoms with Crippen LogP contribution < -0.4 is 20.9 Å². The molecule has 0 aliphatic heterocycles. The third-order valence-electron chi connectivity index (χ3n) is 4.40. The fourth-order valence-corrected chi connectivity index (χ4v) is 4.26. The van der Waals surface area contributed by atoms with Crippen LogP contribution in [0.2, 0.25) is 0 Å². The Bertz CT molecular complexity index is 1400. The molecule has 10 nitrogen and oxygen atoms in total. The zero-order chi connectivity index (χ0) is 24.0. The molecule has 0 aliphatic carbocycles. The lowest BCUT2D eigenvalue weighted by atomic mass is 10.2. The van der Waals surface area contributed by atoms with Crippen molar-refractivity contribution in [2.45, 2.75) is 4.90 Å². The van der Waals surface area contributed by atoms with Crippen molar-refractivity contribution in [3.8, 4) is 0 Å². The molecule has 0 bridgehead atoms. The molecule has 0 saturated carbocycles. The van der Waals surface area contributed by atoms with E-state index in [-0.39, 0.29) is 16.8 Å². The monoisotopic (exact) mass is 539 g/mol. The summed E-state index contributed by atoms with van der Waals surface area (Å²) in [6.07, 6.45) is 4.52. The number of sulfonamides is 1. The highest BCUT2D eigenvalue weighted by atomic mass is 79.9. The van der Waals surface area contributed by atoms with Crippen LogP contribution in [0.3, 0.4) is 0 Å². The maximum absolute atomic E-state index is 12.5. The summed E-state index contributed by atoms with van der Waals surface area (Å²) >= 11 is 3.32. The van der Waals surface area contributed by atoms with Crippen molar-refractivity contribution in [2.75, 3.05) is 15.5 Å². The van der Waals surface area contributed by atoms with Gasteiger partial charge in [0.2, 0.25) is 5.95 Å². The van der Waals surface area contributed by atoms with Crippen LogP contribution in [0.25, 0.3) is 0 Å². The Morgan fingerprint density at radius 2 is 1.65 bits per heavy atom. The average Bonchev–Trinajstić information content (AvgIpc) is 2.83. The average molecular weight is 540 g/mol. The molecule has 4 rings (SSSR count). The fourth-order valence-electron chi connectivity index (χ4n) is 2.80. The molecule has 34 heavy (non-hydrogen) atoms. The highest BCUT2D eigenvalue weighted by Gasteiger charge is 2.14. The molecule has 4 aromatic rings. The number of pyridine rings is 1. The number of hydrazine groups is 1. The van der Waals surface area contributed by atoms with Gasteiger partial charge in [-0.3, -0.25) is 25.4 Å². The number of rotatable bonds is 8. The van der Waals surface area contributed by atoms with Crippen molar-refractivity contribution in [2.24, 2.45) is 0 Å². The minimum Gasteiger partial charge on any atom is -0.340 e. The highest BCUT2D eigenvalue weighted by molar-refractivity contribution is 9.10. The maximum atomic E-state index is 12.5. The van der Waals surface area contributed by atoms with E-state index in [0.29, 0.717) is 22.8 Å². The molecule has 0 aliphatic rings. The molecule has 0 unspecified atom stereocenters. The lowest BCUT2D eigenvalue weighted by Gasteiger charge is -2.11. The van der Waals surface area contributed by atoms with Gasteiger partial charge >= 0.3 is 0 Å². The van der Waals surface area contributed by atoms with E-state index in [2.05, 4.69) is 51.8 Å². The first kappa shape index (κ1) is 23.1. The Kier molecular flexibility index (Phi) is 6.99. The van der Waals surface area contributed by atoms with E-state index < -0.39 is 10.0 Å². The first-order valence-electron chi connectivity index (χ1n) is 9.84. The van der Waals surface area contributed by atoms with Gasteiger partial charge in [0.25, 0.3) is 15.9 Å². The molecule has 2 aromatic carbocycles. The minimum atomic E-state index is -3.74. The van der Waals surface area contributed by atoms with Gasteiger partial charge < -0.3 is 5.32 Å². The Balaban J connectivity index is 1.38. The van der Waals surface area contributed by atoms with Crippen LogP contribution in [0, 0.1) is 0 Å². The first-order chi connectivity index (χ1) is 16.4. The second-order valence-electron chi connectivity index (χ2n) is 6.85. The number of carbonyl (C=O) groups excluding carboxylic acids is 1. The molecule has 0 fully saturated rings. The summed E-state index contributed by atoms with van der Waals surface area (Å²) in [6, 6.07) is 17.9. The van der Waals surface area contributed by atoms with Gasteiger partial charge in [0.05, 0.1) is 10.6 Å². The second-order valence-corrected chi connectivity index (χ2v) is 9.44. The zero-order valence-electron chi connectivity index (χ0n) is 17.4. The SMILES string of the molecule is O=C(NNc1nccc(Nc2ccc(S(=O)(=O)Nc3ccncc3)cc2)n1)c1cccc(Br)c1. The number of anilines is 4. The van der Waals surface area contributed by atoms with E-state index in [4.69, 9.17) is 0 Å². The summed E-state index contributed by atoms with van der Waals surface area (Å²) in [5.74, 6) is 0.272. The van der Waals surface area contributed by atoms with Crippen molar-refractivity contribution in [3.63, 3.8) is 0 Å². The Morgan fingerprint density at radius 1 is 0.882 bits per heavy atom. The summed E-state index contributed by atoms with van der Waals surface area (Å²) in [5, 5.41) is 3.07. The number of aromatic nitrogens is 3. The van der Waals surface area contributed by atoms with E-state index in [0.717, 1.165) is 4.47 Å². The van der Waals surface area contributed by atoms with Gasteiger partial charge in [-0.25, -0.2) is 13.4 Å². The fraction of sp³-hybridized carbons (Fsp3) is 0. The number of hydrogen-bond donors (Lipinski definition) is 4. The molecule has 0 radical (unpaired) electrons. The molecule has 1 amide bonds. The standard InChI is InChI=1S/C22H18BrN7O3S/c23-16-3-1-2-15(14-16)21(31)28-29-22-25-13-10-20(27-22)26-17-4-6-19(7-5-17)34(32,33)30-18-8-11-24-12-9-18/h1-14H,(H,24,30)(H,28,31)(H2,25,26,27,29). The first-order valence-corrected chi connectivity index (χ1v) is 12.1. The van der Waals surface area contributed by atoms with E-state index in [9.17, 15) is 13.2 Å². The van der Waals surface area contributed by atoms with Crippen LogP contribution in [0.4, 0.5) is 23.1 Å². The number of nitrogens with one attached hydrogen (secondary N) is 4. The van der Waals surface area contributed by atoms with Crippen molar-refractivity contribution >= 4 is 55.0 Å². The molecule has 2 aromatic heterocycles. The molecule has 12 heteroatoms. The number of benzene rings is 2. The van der Waals surface area contributed by atoms with Crippen LogP contribution in [0.15, 0.2) is 94.7 Å². The molecule has 0 atom stereocenters. The number of halogens is 1. The predicted molar refractivity (Wildman–Crippen MR) is 132 cm³/mol. The summed E-state index contributed by atoms with van der Waals surface area (Å²) in [6.45, 7) is 0. The maximum Gasteiger partial charge on any atom is 0.269 e. The van der Waals surface area contributed by atoms with Gasteiger partial charge in [-0.1, -0.05) is 22.0 Å². The Morgan fingerprint density at radius 3 is 2.38 bits per heavy atom. The zero-order valence-corrected chi connectivity index (χ0v) is 19.8. The van der Waals surface area contributed by atoms with Crippen LogP contribution in [0.5, 0.6) is 0 Å². The van der Waals surface area contributed by atoms with Crippen molar-refractivity contribution in [1.29, 1.82) is 0 Å². The van der Waals surface area contributed by atoms with Gasteiger partial charge in [0.15, 0.2) is 0 Å². The highest BCUT2D eigenvalue weighted by Crippen LogP contribution is 2.20. The molecular formula is C22H18BrN7O3S. The van der Waals surface area contributed by atoms with Gasteiger partial charge in [-0.05, 0) is 60.7 Å². The lowest BCUT2D eigenvalue weighted by molar-refractivity contribution is 0.0962. The smallest absolute Gasteiger partial charge is 0.269 e. The van der Waals surface area contributed by atoms with E-state index in [1.165, 1.54) is 30.7 Å². The third-order valence-corrected chi connectivity index (χ3v) is 6.29. The summed E-state index contributed by atoms with van der Waals surface area (Å²) < 4.78 is 28.4. The summed E-state index contributed by atoms with van der Waals surface area (Å²) in [4.78, 5) is 24.6. The van der Waals surface area contributed by atoms with Gasteiger partial charge in [-0.2, -0.15) is 4.98 Å². The molecule has 4 N–H and O–H groups in total. The quantitative estimate of drug-likeness (QED) is 0.247.